The van der Waals surface area contributed by atoms with Crippen molar-refractivity contribution in [3.63, 3.8) is 0 Å². The Bertz CT molecular complexity index is 1180. The summed E-state index contributed by atoms with van der Waals surface area (Å²) in [6, 6.07) is 22.4. The van der Waals surface area contributed by atoms with E-state index in [1.807, 2.05) is 60.7 Å². The highest BCUT2D eigenvalue weighted by atomic mass is 19.1. The number of benzene rings is 3. The Morgan fingerprint density at radius 3 is 2.25 bits per heavy atom. The van der Waals surface area contributed by atoms with Gasteiger partial charge in [0.15, 0.2) is 0 Å². The fraction of sp³-hybridized carbons (Fsp3) is 0.310. The van der Waals surface area contributed by atoms with Gasteiger partial charge >= 0.3 is 5.97 Å². The van der Waals surface area contributed by atoms with Crippen LogP contribution in [0.1, 0.15) is 36.3 Å². The minimum absolute atomic E-state index is 0.104. The van der Waals surface area contributed by atoms with Crippen LogP contribution in [-0.4, -0.2) is 53.7 Å². The number of carboxylic acids is 1. The molecule has 2 aliphatic rings. The highest BCUT2D eigenvalue weighted by molar-refractivity contribution is 5.91. The molecule has 2 aliphatic heterocycles. The molecule has 0 bridgehead atoms. The zero-order chi connectivity index (χ0) is 25.1. The van der Waals surface area contributed by atoms with Crippen molar-refractivity contribution in [2.24, 2.45) is 0 Å². The molecule has 2 atom stereocenters. The fourth-order valence-corrected chi connectivity index (χ4v) is 5.42. The lowest BCUT2D eigenvalue weighted by Gasteiger charge is -2.43. The average molecular weight is 489 g/mol. The number of hydrogen-bond acceptors (Lipinski definition) is 4. The summed E-state index contributed by atoms with van der Waals surface area (Å²) in [6.07, 6.45) is 1.65. The minimum atomic E-state index is -1.02. The molecule has 0 saturated carbocycles. The molecule has 1 amide bonds. The number of hydrogen-bond donors (Lipinski definition) is 1. The molecule has 36 heavy (non-hydrogen) atoms. The number of rotatable bonds is 5. The zero-order valence-electron chi connectivity index (χ0n) is 19.9. The van der Waals surface area contributed by atoms with E-state index in [-0.39, 0.29) is 24.2 Å². The van der Waals surface area contributed by atoms with Gasteiger partial charge in [0.25, 0.3) is 0 Å². The summed E-state index contributed by atoms with van der Waals surface area (Å²) in [6.45, 7) is 1.48. The van der Waals surface area contributed by atoms with Gasteiger partial charge < -0.3 is 19.6 Å². The largest absolute Gasteiger partial charge is 0.491 e. The maximum atomic E-state index is 14.0. The van der Waals surface area contributed by atoms with Gasteiger partial charge in [0.1, 0.15) is 17.6 Å². The molecule has 6 nitrogen and oxygen atoms in total. The maximum absolute atomic E-state index is 14.0. The number of fused-ring (bicyclic) bond motifs is 1. The van der Waals surface area contributed by atoms with Gasteiger partial charge in [0, 0.05) is 25.2 Å². The molecule has 0 spiro atoms. The quantitative estimate of drug-likeness (QED) is 0.564. The van der Waals surface area contributed by atoms with Crippen LogP contribution in [0, 0.1) is 5.82 Å². The number of carbonyl (C=O) groups is 2. The van der Waals surface area contributed by atoms with Gasteiger partial charge in [-0.15, -0.1) is 0 Å². The predicted octanol–water partition coefficient (Wildman–Crippen LogP) is 4.69. The Balaban J connectivity index is 1.43. The summed E-state index contributed by atoms with van der Waals surface area (Å²) < 4.78 is 19.6. The number of likely N-dealkylation sites (tertiary alicyclic amines) is 1. The van der Waals surface area contributed by atoms with Crippen LogP contribution < -0.4 is 9.64 Å². The van der Waals surface area contributed by atoms with E-state index < -0.39 is 17.9 Å². The Kier molecular flexibility index (Phi) is 6.89. The van der Waals surface area contributed by atoms with Gasteiger partial charge in [-0.3, -0.25) is 4.79 Å². The number of aliphatic carboxylic acids is 1. The molecule has 1 fully saturated rings. The fourth-order valence-electron chi connectivity index (χ4n) is 5.42. The Morgan fingerprint density at radius 1 is 0.944 bits per heavy atom. The first kappa shape index (κ1) is 23.9. The lowest BCUT2D eigenvalue weighted by atomic mass is 9.87. The van der Waals surface area contributed by atoms with Crippen LogP contribution in [0.15, 0.2) is 78.9 Å². The minimum Gasteiger partial charge on any atom is -0.491 e. The summed E-state index contributed by atoms with van der Waals surface area (Å²) in [7, 11) is 0. The molecule has 7 heteroatoms. The van der Waals surface area contributed by atoms with Crippen molar-refractivity contribution in [1.29, 1.82) is 0 Å². The van der Waals surface area contributed by atoms with E-state index >= 15 is 0 Å². The van der Waals surface area contributed by atoms with Crippen LogP contribution in [-0.2, 0) is 9.59 Å². The normalized spacial score (nSPS) is 19.8. The molecular formula is C29H29FN2O4. The summed E-state index contributed by atoms with van der Waals surface area (Å²) in [5.74, 6) is -1.70. The van der Waals surface area contributed by atoms with Crippen LogP contribution in [0.5, 0.6) is 5.75 Å². The van der Waals surface area contributed by atoms with Crippen molar-refractivity contribution < 1.29 is 23.8 Å². The van der Waals surface area contributed by atoms with Crippen molar-refractivity contribution in [3.8, 4) is 5.75 Å². The summed E-state index contributed by atoms with van der Waals surface area (Å²) in [5.41, 5.74) is 2.44. The van der Waals surface area contributed by atoms with Crippen molar-refractivity contribution in [1.82, 2.24) is 4.90 Å². The van der Waals surface area contributed by atoms with Gasteiger partial charge in [-0.2, -0.15) is 0 Å². The van der Waals surface area contributed by atoms with Gasteiger partial charge in [-0.25, -0.2) is 9.18 Å². The monoisotopic (exact) mass is 488 g/mol. The number of anilines is 1. The first-order chi connectivity index (χ1) is 17.5. The molecule has 3 aromatic rings. The van der Waals surface area contributed by atoms with Crippen LogP contribution in [0.25, 0.3) is 0 Å². The first-order valence-electron chi connectivity index (χ1n) is 12.3. The molecule has 5 rings (SSSR count). The van der Waals surface area contributed by atoms with Gasteiger partial charge in [-0.05, 0) is 42.5 Å². The second-order valence-electron chi connectivity index (χ2n) is 9.33. The molecule has 0 unspecified atom stereocenters. The number of carbonyl (C=O) groups excluding carboxylic acids is 1. The number of amides is 1. The molecule has 1 N–H and O–H groups in total. The van der Waals surface area contributed by atoms with Gasteiger partial charge in [0.2, 0.25) is 5.91 Å². The molecule has 1 saturated heterocycles. The van der Waals surface area contributed by atoms with Crippen molar-refractivity contribution in [2.75, 3.05) is 24.6 Å². The van der Waals surface area contributed by atoms with Crippen LogP contribution >= 0.6 is 0 Å². The van der Waals surface area contributed by atoms with Crippen LogP contribution in [0.4, 0.5) is 10.1 Å². The highest BCUT2D eigenvalue weighted by Crippen LogP contribution is 2.37. The van der Waals surface area contributed by atoms with Gasteiger partial charge in [0.05, 0.1) is 18.2 Å². The van der Waals surface area contributed by atoms with E-state index in [1.165, 1.54) is 17.0 Å². The number of piperidine rings is 1. The maximum Gasteiger partial charge on any atom is 0.326 e. The number of carboxylic acid groups (broad SMARTS) is 1. The Hall–Kier alpha value is -3.87. The third-order valence-corrected chi connectivity index (χ3v) is 7.13. The predicted molar refractivity (Wildman–Crippen MR) is 135 cm³/mol. The number of halogens is 1. The molecule has 0 aliphatic carbocycles. The van der Waals surface area contributed by atoms with Crippen LogP contribution in [0.3, 0.4) is 0 Å². The highest BCUT2D eigenvalue weighted by Gasteiger charge is 2.41. The molecule has 186 valence electrons. The Morgan fingerprint density at radius 2 is 1.61 bits per heavy atom. The topological polar surface area (TPSA) is 70.1 Å². The van der Waals surface area contributed by atoms with Crippen molar-refractivity contribution in [2.45, 2.75) is 37.3 Å². The average Bonchev–Trinajstić information content (AvgIpc) is 3.11. The van der Waals surface area contributed by atoms with E-state index in [1.54, 1.807) is 6.07 Å². The first-order valence-corrected chi connectivity index (χ1v) is 12.3. The third-order valence-electron chi connectivity index (χ3n) is 7.13. The van der Waals surface area contributed by atoms with E-state index in [2.05, 4.69) is 4.90 Å². The second kappa shape index (κ2) is 10.4. The van der Waals surface area contributed by atoms with Gasteiger partial charge in [-0.1, -0.05) is 60.7 Å². The van der Waals surface area contributed by atoms with E-state index in [9.17, 15) is 19.1 Å². The molecular weight excluding hydrogens is 459 g/mol. The van der Waals surface area contributed by atoms with E-state index in [0.717, 1.165) is 23.2 Å². The smallest absolute Gasteiger partial charge is 0.326 e. The summed E-state index contributed by atoms with van der Waals surface area (Å²) >= 11 is 0. The lowest BCUT2D eigenvalue weighted by Crippen LogP contribution is -2.56. The number of nitrogens with zero attached hydrogens (tertiary/aromatic N) is 2. The zero-order valence-corrected chi connectivity index (χ0v) is 19.9. The standard InChI is InChI=1S/C29H29FN2O4/c30-22-12-13-24-26(18-22)36-17-7-15-31(24)23-14-16-32(25(19-23)29(34)35)28(33)27(20-8-3-1-4-9-20)21-10-5-2-6-11-21/h1-6,8-13,18,23,25,27H,7,14-17,19H2,(H,34,35)/t23-,25+/m1/s1. The molecule has 0 aromatic heterocycles. The van der Waals surface area contributed by atoms with Crippen LogP contribution in [0.2, 0.25) is 0 Å². The molecule has 2 heterocycles. The SMILES string of the molecule is O=C(O)[C@@H]1C[C@H](N2CCCOc3cc(F)ccc32)CCN1C(=O)C(c1ccccc1)c1ccccc1. The van der Waals surface area contributed by atoms with E-state index in [4.69, 9.17) is 4.74 Å². The molecule has 0 radical (unpaired) electrons. The second-order valence-corrected chi connectivity index (χ2v) is 9.33. The summed E-state index contributed by atoms with van der Waals surface area (Å²) in [5, 5.41) is 10.2. The summed E-state index contributed by atoms with van der Waals surface area (Å²) in [4.78, 5) is 30.1. The molecule has 3 aromatic carbocycles. The van der Waals surface area contributed by atoms with Crippen molar-refractivity contribution >= 4 is 17.6 Å². The Labute approximate surface area is 209 Å². The third kappa shape index (κ3) is 4.78. The van der Waals surface area contributed by atoms with Crippen molar-refractivity contribution in [3.05, 3.63) is 95.8 Å². The van der Waals surface area contributed by atoms with E-state index in [0.29, 0.717) is 31.9 Å². The number of ether oxygens (including phenoxy) is 1. The lowest BCUT2D eigenvalue weighted by molar-refractivity contribution is -0.152.